The fraction of sp³-hybridized carbons (Fsp3) is 0.333. The molecule has 156 valence electrons. The van der Waals surface area contributed by atoms with Gasteiger partial charge in [0, 0.05) is 17.9 Å². The zero-order valence-electron chi connectivity index (χ0n) is 16.1. The van der Waals surface area contributed by atoms with E-state index in [0.717, 1.165) is 12.0 Å². The molecule has 3 aliphatic rings. The zero-order valence-corrected chi connectivity index (χ0v) is 17.6. The van der Waals surface area contributed by atoms with E-state index in [0.29, 0.717) is 47.3 Å². The SMILES string of the molecule is CC1=C(C2=NNC(CC3=C(F)C(Oc4cc(Cl)cc(C#N)c4)=C(Cl)CC3)O2)OCC1. The maximum Gasteiger partial charge on any atom is 0.275 e. The van der Waals surface area contributed by atoms with Crippen molar-refractivity contribution in [3.05, 3.63) is 62.3 Å². The lowest BCUT2D eigenvalue weighted by Crippen LogP contribution is -2.24. The van der Waals surface area contributed by atoms with E-state index in [-0.39, 0.29) is 23.0 Å². The molecule has 6 nitrogen and oxygen atoms in total. The number of benzene rings is 1. The van der Waals surface area contributed by atoms with E-state index in [9.17, 15) is 0 Å². The number of nitrogens with one attached hydrogen (secondary N) is 1. The van der Waals surface area contributed by atoms with Crippen molar-refractivity contribution in [2.45, 2.75) is 38.8 Å². The Morgan fingerprint density at radius 1 is 1.30 bits per heavy atom. The predicted octanol–water partition coefficient (Wildman–Crippen LogP) is 5.40. The molecule has 2 aliphatic heterocycles. The van der Waals surface area contributed by atoms with Crippen molar-refractivity contribution in [2.75, 3.05) is 6.61 Å². The van der Waals surface area contributed by atoms with Crippen LogP contribution in [-0.4, -0.2) is 18.7 Å². The Morgan fingerprint density at radius 3 is 2.87 bits per heavy atom. The molecule has 1 aliphatic carbocycles. The van der Waals surface area contributed by atoms with Crippen molar-refractivity contribution < 1.29 is 18.6 Å². The Hall–Kier alpha value is -2.69. The maximum atomic E-state index is 15.2. The van der Waals surface area contributed by atoms with Gasteiger partial charge < -0.3 is 14.2 Å². The van der Waals surface area contributed by atoms with Crippen LogP contribution in [0, 0.1) is 11.3 Å². The van der Waals surface area contributed by atoms with Gasteiger partial charge in [-0.1, -0.05) is 23.2 Å². The van der Waals surface area contributed by atoms with Crippen molar-refractivity contribution in [3.63, 3.8) is 0 Å². The second-order valence-corrected chi connectivity index (χ2v) is 8.00. The lowest BCUT2D eigenvalue weighted by Gasteiger charge is -2.21. The Kier molecular flexibility index (Phi) is 5.89. The summed E-state index contributed by atoms with van der Waals surface area (Å²) in [5, 5.41) is 13.8. The molecule has 0 saturated heterocycles. The van der Waals surface area contributed by atoms with Crippen LogP contribution in [0.4, 0.5) is 4.39 Å². The quantitative estimate of drug-likeness (QED) is 0.650. The number of ether oxygens (including phenoxy) is 3. The summed E-state index contributed by atoms with van der Waals surface area (Å²) in [5.41, 5.74) is 4.76. The lowest BCUT2D eigenvalue weighted by atomic mass is 9.99. The van der Waals surface area contributed by atoms with Gasteiger partial charge in [0.1, 0.15) is 5.75 Å². The molecule has 1 atom stereocenters. The van der Waals surface area contributed by atoms with Crippen LogP contribution in [0.2, 0.25) is 5.02 Å². The molecular formula is C21H18Cl2FN3O3. The minimum absolute atomic E-state index is 0.0686. The normalized spacial score (nSPS) is 21.2. The highest BCUT2D eigenvalue weighted by atomic mass is 35.5. The van der Waals surface area contributed by atoms with Gasteiger partial charge in [-0.3, -0.25) is 5.43 Å². The maximum absolute atomic E-state index is 15.2. The first kappa shape index (κ1) is 20.6. The van der Waals surface area contributed by atoms with Gasteiger partial charge in [-0.2, -0.15) is 5.26 Å². The molecule has 0 saturated carbocycles. The fourth-order valence-electron chi connectivity index (χ4n) is 3.38. The summed E-state index contributed by atoms with van der Waals surface area (Å²) in [7, 11) is 0. The monoisotopic (exact) mass is 449 g/mol. The fourth-order valence-corrected chi connectivity index (χ4v) is 3.82. The topological polar surface area (TPSA) is 75.9 Å². The van der Waals surface area contributed by atoms with Crippen LogP contribution in [0.3, 0.4) is 0 Å². The molecule has 4 rings (SSSR count). The number of hydrazone groups is 1. The van der Waals surface area contributed by atoms with Gasteiger partial charge in [-0.05, 0) is 49.1 Å². The third kappa shape index (κ3) is 4.25. The molecule has 0 aromatic heterocycles. The van der Waals surface area contributed by atoms with Crippen LogP contribution < -0.4 is 10.2 Å². The molecule has 0 spiro atoms. The first-order valence-electron chi connectivity index (χ1n) is 9.42. The van der Waals surface area contributed by atoms with Crippen LogP contribution in [0.5, 0.6) is 5.75 Å². The highest BCUT2D eigenvalue weighted by Gasteiger charge is 2.31. The van der Waals surface area contributed by atoms with Gasteiger partial charge in [0.25, 0.3) is 5.90 Å². The minimum atomic E-state index is -0.545. The highest BCUT2D eigenvalue weighted by Crippen LogP contribution is 2.38. The molecule has 2 heterocycles. The summed E-state index contributed by atoms with van der Waals surface area (Å²) in [6.45, 7) is 2.57. The Labute approximate surface area is 183 Å². The van der Waals surface area contributed by atoms with Crippen LogP contribution in [-0.2, 0) is 9.47 Å². The molecule has 30 heavy (non-hydrogen) atoms. The number of rotatable bonds is 5. The standard InChI is InChI=1S/C21H18Cl2FN3O3/c1-11-4-5-28-19(11)21-27-26-17(30-21)8-13-2-3-16(23)20(18(13)24)29-15-7-12(10-25)6-14(22)9-15/h6-7,9,17,26H,2-5,8H2,1H3. The number of allylic oxidation sites excluding steroid dienone is 2. The van der Waals surface area contributed by atoms with Gasteiger partial charge in [0.2, 0.25) is 0 Å². The smallest absolute Gasteiger partial charge is 0.275 e. The summed E-state index contributed by atoms with van der Waals surface area (Å²) < 4.78 is 32.2. The van der Waals surface area contributed by atoms with Crippen molar-refractivity contribution in [1.82, 2.24) is 5.43 Å². The van der Waals surface area contributed by atoms with E-state index in [2.05, 4.69) is 10.5 Å². The zero-order chi connectivity index (χ0) is 21.3. The predicted molar refractivity (Wildman–Crippen MR) is 110 cm³/mol. The van der Waals surface area contributed by atoms with Crippen LogP contribution >= 0.6 is 23.2 Å². The molecule has 0 bridgehead atoms. The van der Waals surface area contributed by atoms with E-state index in [1.54, 1.807) is 0 Å². The molecule has 1 aromatic carbocycles. The largest absolute Gasteiger partial charge is 0.488 e. The van der Waals surface area contributed by atoms with Gasteiger partial charge in [0.05, 0.1) is 23.3 Å². The van der Waals surface area contributed by atoms with Gasteiger partial charge in [-0.15, -0.1) is 5.10 Å². The first-order chi connectivity index (χ1) is 14.4. The number of nitrogens with zero attached hydrogens (tertiary/aromatic N) is 2. The second kappa shape index (κ2) is 8.58. The van der Waals surface area contributed by atoms with Gasteiger partial charge >= 0.3 is 0 Å². The summed E-state index contributed by atoms with van der Waals surface area (Å²) >= 11 is 12.2. The van der Waals surface area contributed by atoms with Crippen molar-refractivity contribution >= 4 is 29.1 Å². The van der Waals surface area contributed by atoms with Crippen molar-refractivity contribution in [3.8, 4) is 11.8 Å². The first-order valence-corrected chi connectivity index (χ1v) is 10.2. The van der Waals surface area contributed by atoms with E-state index < -0.39 is 12.1 Å². The second-order valence-electron chi connectivity index (χ2n) is 7.11. The molecule has 0 radical (unpaired) electrons. The van der Waals surface area contributed by atoms with Crippen molar-refractivity contribution in [2.24, 2.45) is 5.10 Å². The van der Waals surface area contributed by atoms with E-state index in [1.807, 2.05) is 13.0 Å². The Balaban J connectivity index is 1.48. The highest BCUT2D eigenvalue weighted by molar-refractivity contribution is 6.31. The third-order valence-electron chi connectivity index (χ3n) is 4.92. The Bertz CT molecular complexity index is 1060. The van der Waals surface area contributed by atoms with E-state index >= 15 is 4.39 Å². The Morgan fingerprint density at radius 2 is 2.13 bits per heavy atom. The third-order valence-corrected chi connectivity index (χ3v) is 5.50. The number of hydrogen-bond donors (Lipinski definition) is 1. The molecular weight excluding hydrogens is 432 g/mol. The number of halogens is 3. The molecule has 0 amide bonds. The van der Waals surface area contributed by atoms with Crippen molar-refractivity contribution in [1.29, 1.82) is 5.26 Å². The lowest BCUT2D eigenvalue weighted by molar-refractivity contribution is 0.170. The van der Waals surface area contributed by atoms with Crippen LogP contribution in [0.15, 0.2) is 56.8 Å². The number of hydrogen-bond acceptors (Lipinski definition) is 6. The minimum Gasteiger partial charge on any atom is -0.488 e. The average Bonchev–Trinajstić information content (AvgIpc) is 3.35. The van der Waals surface area contributed by atoms with E-state index in [4.69, 9.17) is 42.7 Å². The summed E-state index contributed by atoms with van der Waals surface area (Å²) in [6.07, 6.45) is 1.45. The average molecular weight is 450 g/mol. The van der Waals surface area contributed by atoms with Crippen LogP contribution in [0.1, 0.15) is 38.2 Å². The molecule has 1 N–H and O–H groups in total. The van der Waals surface area contributed by atoms with Gasteiger partial charge in [0.15, 0.2) is 23.6 Å². The van der Waals surface area contributed by atoms with E-state index in [1.165, 1.54) is 18.2 Å². The summed E-state index contributed by atoms with van der Waals surface area (Å²) in [6, 6.07) is 6.46. The molecule has 1 aromatic rings. The van der Waals surface area contributed by atoms with Gasteiger partial charge in [-0.25, -0.2) is 4.39 Å². The van der Waals surface area contributed by atoms with Crippen LogP contribution in [0.25, 0.3) is 0 Å². The molecule has 0 fully saturated rings. The molecule has 9 heteroatoms. The summed E-state index contributed by atoms with van der Waals surface area (Å²) in [4.78, 5) is 0. The summed E-state index contributed by atoms with van der Waals surface area (Å²) in [5.74, 6) is 0.659. The molecule has 1 unspecified atom stereocenters. The number of nitriles is 1.